The molecule has 0 aliphatic heterocycles. The van der Waals surface area contributed by atoms with Crippen LogP contribution >= 0.6 is 0 Å². The van der Waals surface area contributed by atoms with Crippen LogP contribution in [0.25, 0.3) is 0 Å². The topological polar surface area (TPSA) is 32.3 Å². The van der Waals surface area contributed by atoms with E-state index in [-0.39, 0.29) is 0 Å². The van der Waals surface area contributed by atoms with Crippen molar-refractivity contribution in [2.75, 3.05) is 5.32 Å². The number of benzene rings is 1. The molecule has 0 aliphatic carbocycles. The maximum Gasteiger partial charge on any atom is 0.123 e. The lowest BCUT2D eigenvalue weighted by Gasteiger charge is -2.18. The normalized spacial score (nSPS) is 12.4. The van der Waals surface area contributed by atoms with Crippen molar-refractivity contribution in [2.45, 2.75) is 65.8 Å². The molecule has 0 saturated carbocycles. The number of anilines is 1. The van der Waals surface area contributed by atoms with Gasteiger partial charge in [-0.05, 0) is 38.8 Å². The lowest BCUT2D eigenvalue weighted by molar-refractivity contribution is 0.467. The van der Waals surface area contributed by atoms with E-state index in [4.69, 9.17) is 0 Å². The minimum absolute atomic E-state index is 0.415. The highest BCUT2D eigenvalue weighted by Gasteiger charge is 2.08. The monoisotopic (exact) mass is 249 g/mol. The van der Waals surface area contributed by atoms with Gasteiger partial charge < -0.3 is 10.4 Å². The molecule has 0 aliphatic rings. The average molecular weight is 249 g/mol. The van der Waals surface area contributed by atoms with Gasteiger partial charge in [-0.2, -0.15) is 0 Å². The predicted octanol–water partition coefficient (Wildman–Crippen LogP) is 4.78. The SMILES string of the molecule is CCCCCCC(C)Nc1ccc(C)c(O)c1C. The molecule has 2 heteroatoms. The van der Waals surface area contributed by atoms with Crippen molar-refractivity contribution in [1.82, 2.24) is 0 Å². The Labute approximate surface area is 111 Å². The number of rotatable bonds is 7. The van der Waals surface area contributed by atoms with Crippen molar-refractivity contribution in [3.63, 3.8) is 0 Å². The van der Waals surface area contributed by atoms with Crippen molar-refractivity contribution in [3.8, 4) is 5.75 Å². The third-order valence-electron chi connectivity index (χ3n) is 3.53. The molecule has 2 nitrogen and oxygen atoms in total. The van der Waals surface area contributed by atoms with E-state index < -0.39 is 0 Å². The van der Waals surface area contributed by atoms with Crippen molar-refractivity contribution in [3.05, 3.63) is 23.3 Å². The van der Waals surface area contributed by atoms with Crippen molar-refractivity contribution in [1.29, 1.82) is 0 Å². The summed E-state index contributed by atoms with van der Waals surface area (Å²) in [6.45, 7) is 8.34. The van der Waals surface area contributed by atoms with E-state index in [1.807, 2.05) is 19.9 Å². The minimum atomic E-state index is 0.415. The molecule has 1 aromatic carbocycles. The number of phenols is 1. The second kappa shape index (κ2) is 7.30. The number of aryl methyl sites for hydroxylation is 1. The van der Waals surface area contributed by atoms with Crippen LogP contribution in [0.15, 0.2) is 12.1 Å². The zero-order chi connectivity index (χ0) is 13.5. The van der Waals surface area contributed by atoms with E-state index in [2.05, 4.69) is 25.2 Å². The number of unbranched alkanes of at least 4 members (excludes halogenated alkanes) is 3. The van der Waals surface area contributed by atoms with Gasteiger partial charge in [0.1, 0.15) is 5.75 Å². The van der Waals surface area contributed by atoms with Gasteiger partial charge in [0.15, 0.2) is 0 Å². The summed E-state index contributed by atoms with van der Waals surface area (Å²) in [5.41, 5.74) is 2.95. The van der Waals surface area contributed by atoms with Gasteiger partial charge in [0.2, 0.25) is 0 Å². The third-order valence-corrected chi connectivity index (χ3v) is 3.53. The van der Waals surface area contributed by atoms with E-state index in [0.717, 1.165) is 16.8 Å². The zero-order valence-electron chi connectivity index (χ0n) is 12.2. The van der Waals surface area contributed by atoms with Gasteiger partial charge in [0.05, 0.1) is 0 Å². The number of hydrogen-bond donors (Lipinski definition) is 2. The van der Waals surface area contributed by atoms with Crippen LogP contribution in [0.3, 0.4) is 0 Å². The fraction of sp³-hybridized carbons (Fsp3) is 0.625. The van der Waals surface area contributed by atoms with Gasteiger partial charge >= 0.3 is 0 Å². The first-order chi connectivity index (χ1) is 8.56. The fourth-order valence-electron chi connectivity index (χ4n) is 2.21. The third kappa shape index (κ3) is 4.25. The van der Waals surface area contributed by atoms with Crippen LogP contribution in [0, 0.1) is 13.8 Å². The fourth-order valence-corrected chi connectivity index (χ4v) is 2.21. The van der Waals surface area contributed by atoms with Gasteiger partial charge in [-0.3, -0.25) is 0 Å². The summed E-state index contributed by atoms with van der Waals surface area (Å²) in [7, 11) is 0. The summed E-state index contributed by atoms with van der Waals surface area (Å²) in [4.78, 5) is 0. The van der Waals surface area contributed by atoms with Crippen LogP contribution in [0.1, 0.15) is 57.1 Å². The molecule has 1 atom stereocenters. The molecular weight excluding hydrogens is 222 g/mol. The molecule has 102 valence electrons. The molecule has 1 rings (SSSR count). The number of hydrogen-bond acceptors (Lipinski definition) is 2. The van der Waals surface area contributed by atoms with Crippen molar-refractivity contribution < 1.29 is 5.11 Å². The molecule has 2 N–H and O–H groups in total. The van der Waals surface area contributed by atoms with Gasteiger partial charge in [-0.1, -0.05) is 38.7 Å². The molecule has 0 amide bonds. The molecule has 0 fully saturated rings. The molecule has 1 unspecified atom stereocenters. The second-order valence-corrected chi connectivity index (χ2v) is 5.30. The molecule has 0 spiro atoms. The van der Waals surface area contributed by atoms with Crippen LogP contribution in [0.5, 0.6) is 5.75 Å². The van der Waals surface area contributed by atoms with Gasteiger partial charge in [0.25, 0.3) is 0 Å². The Hall–Kier alpha value is -1.18. The first-order valence-electron chi connectivity index (χ1n) is 7.12. The van der Waals surface area contributed by atoms with E-state index in [1.54, 1.807) is 0 Å². The summed E-state index contributed by atoms with van der Waals surface area (Å²) in [5, 5.41) is 13.4. The van der Waals surface area contributed by atoms with E-state index in [0.29, 0.717) is 11.8 Å². The second-order valence-electron chi connectivity index (χ2n) is 5.30. The molecular formula is C16H27NO. The lowest BCUT2D eigenvalue weighted by atomic mass is 10.1. The highest BCUT2D eigenvalue weighted by Crippen LogP contribution is 2.28. The van der Waals surface area contributed by atoms with Crippen LogP contribution < -0.4 is 5.32 Å². The first-order valence-corrected chi connectivity index (χ1v) is 7.12. The number of phenolic OH excluding ortho intramolecular Hbond substituents is 1. The van der Waals surface area contributed by atoms with E-state index in [9.17, 15) is 5.11 Å². The summed E-state index contributed by atoms with van der Waals surface area (Å²) in [6, 6.07) is 4.49. The molecule has 0 saturated heterocycles. The number of aromatic hydroxyl groups is 1. The van der Waals surface area contributed by atoms with Crippen LogP contribution in [0.4, 0.5) is 5.69 Å². The summed E-state index contributed by atoms with van der Waals surface area (Å²) >= 11 is 0. The van der Waals surface area contributed by atoms with Crippen molar-refractivity contribution in [2.24, 2.45) is 0 Å². The van der Waals surface area contributed by atoms with E-state index in [1.165, 1.54) is 32.1 Å². The summed E-state index contributed by atoms with van der Waals surface area (Å²) < 4.78 is 0. The van der Waals surface area contributed by atoms with E-state index >= 15 is 0 Å². The van der Waals surface area contributed by atoms with Crippen LogP contribution in [0.2, 0.25) is 0 Å². The Bertz CT molecular complexity index is 374. The summed E-state index contributed by atoms with van der Waals surface area (Å²) in [6.07, 6.45) is 6.40. The highest BCUT2D eigenvalue weighted by molar-refractivity contribution is 5.59. The molecule has 0 radical (unpaired) electrons. The molecule has 1 aromatic rings. The van der Waals surface area contributed by atoms with Crippen molar-refractivity contribution >= 4 is 5.69 Å². The molecule has 18 heavy (non-hydrogen) atoms. The maximum absolute atomic E-state index is 9.91. The Morgan fingerprint density at radius 3 is 2.56 bits per heavy atom. The van der Waals surface area contributed by atoms with Crippen LogP contribution in [-0.2, 0) is 0 Å². The Morgan fingerprint density at radius 2 is 1.89 bits per heavy atom. The lowest BCUT2D eigenvalue weighted by Crippen LogP contribution is -2.15. The summed E-state index contributed by atoms with van der Waals surface area (Å²) in [5.74, 6) is 0.415. The Kier molecular flexibility index (Phi) is 6.03. The Morgan fingerprint density at radius 1 is 1.17 bits per heavy atom. The smallest absolute Gasteiger partial charge is 0.123 e. The number of nitrogens with one attached hydrogen (secondary N) is 1. The quantitative estimate of drug-likeness (QED) is 0.682. The molecule has 0 aromatic heterocycles. The first kappa shape index (κ1) is 14.9. The van der Waals surface area contributed by atoms with Crippen LogP contribution in [-0.4, -0.2) is 11.1 Å². The Balaban J connectivity index is 2.49. The zero-order valence-corrected chi connectivity index (χ0v) is 12.2. The van der Waals surface area contributed by atoms with Gasteiger partial charge in [-0.15, -0.1) is 0 Å². The van der Waals surface area contributed by atoms with Gasteiger partial charge in [0, 0.05) is 17.3 Å². The highest BCUT2D eigenvalue weighted by atomic mass is 16.3. The average Bonchev–Trinajstić information content (AvgIpc) is 2.35. The standard InChI is InChI=1S/C16H27NO/c1-5-6-7-8-9-13(3)17-15-11-10-12(2)16(18)14(15)4/h10-11,13,17-18H,5-9H2,1-4H3. The molecule has 0 heterocycles. The largest absolute Gasteiger partial charge is 0.507 e. The minimum Gasteiger partial charge on any atom is -0.507 e. The maximum atomic E-state index is 9.91. The molecule has 0 bridgehead atoms. The predicted molar refractivity (Wildman–Crippen MR) is 79.4 cm³/mol. The van der Waals surface area contributed by atoms with Gasteiger partial charge in [-0.25, -0.2) is 0 Å².